The first-order valence-electron chi connectivity index (χ1n) is 17.0. The minimum absolute atomic E-state index is 0.125. The van der Waals surface area contributed by atoms with Gasteiger partial charge in [-0.3, -0.25) is 0 Å². The molecule has 0 saturated carbocycles. The molecule has 0 radical (unpaired) electrons. The fourth-order valence-electron chi connectivity index (χ4n) is 9.41. The SMILES string of the molecule is CC1(C)c2ccccc2-n2cc3c4ccccc4n(-c4ccc(-n5c6ccccc6c6cn7c(c65)C(C)(C)c5ccccc5-7)cc4)c3c21. The van der Waals surface area contributed by atoms with Crippen molar-refractivity contribution in [1.29, 1.82) is 0 Å². The van der Waals surface area contributed by atoms with Crippen LogP contribution in [0.2, 0.25) is 0 Å². The number of hydrogen-bond donors (Lipinski definition) is 0. The fourth-order valence-corrected chi connectivity index (χ4v) is 9.41. The Hall–Kier alpha value is -5.74. The van der Waals surface area contributed by atoms with Gasteiger partial charge < -0.3 is 18.3 Å². The van der Waals surface area contributed by atoms with Gasteiger partial charge in [0.05, 0.1) is 33.5 Å². The maximum absolute atomic E-state index is 2.49. The summed E-state index contributed by atoms with van der Waals surface area (Å²) in [5, 5.41) is 5.18. The summed E-state index contributed by atoms with van der Waals surface area (Å²) < 4.78 is 9.86. The lowest BCUT2D eigenvalue weighted by Crippen LogP contribution is -2.17. The van der Waals surface area contributed by atoms with Crippen molar-refractivity contribution in [3.8, 4) is 22.7 Å². The van der Waals surface area contributed by atoms with Crippen molar-refractivity contribution in [1.82, 2.24) is 18.3 Å². The Kier molecular flexibility index (Phi) is 4.71. The van der Waals surface area contributed by atoms with Crippen molar-refractivity contribution in [3.63, 3.8) is 0 Å². The van der Waals surface area contributed by atoms with Gasteiger partial charge in [0.15, 0.2) is 0 Å². The Morgan fingerprint density at radius 1 is 0.396 bits per heavy atom. The summed E-state index contributed by atoms with van der Waals surface area (Å²) in [5.74, 6) is 0. The second-order valence-corrected chi connectivity index (χ2v) is 14.7. The van der Waals surface area contributed by atoms with E-state index in [0.717, 1.165) is 0 Å². The second-order valence-electron chi connectivity index (χ2n) is 14.7. The number of hydrogen-bond acceptors (Lipinski definition) is 0. The molecule has 0 spiro atoms. The number of para-hydroxylation sites is 4. The van der Waals surface area contributed by atoms with E-state index in [4.69, 9.17) is 0 Å². The van der Waals surface area contributed by atoms with Crippen LogP contribution in [0.15, 0.2) is 134 Å². The summed E-state index contributed by atoms with van der Waals surface area (Å²) in [6.07, 6.45) is 4.73. The van der Waals surface area contributed by atoms with Crippen molar-refractivity contribution in [3.05, 3.63) is 156 Å². The average molecular weight is 619 g/mol. The summed E-state index contributed by atoms with van der Waals surface area (Å²) in [5.41, 5.74) is 15.2. The summed E-state index contributed by atoms with van der Waals surface area (Å²) in [6, 6.07) is 44.7. The lowest BCUT2D eigenvalue weighted by atomic mass is 9.83. The van der Waals surface area contributed by atoms with Crippen molar-refractivity contribution in [2.45, 2.75) is 38.5 Å². The van der Waals surface area contributed by atoms with Crippen LogP contribution in [-0.2, 0) is 10.8 Å². The zero-order valence-corrected chi connectivity index (χ0v) is 27.5. The van der Waals surface area contributed by atoms with E-state index in [1.165, 1.54) is 88.9 Å². The maximum Gasteiger partial charge on any atom is 0.0763 e. The minimum Gasteiger partial charge on any atom is -0.317 e. The Bertz CT molecular complexity index is 2630. The molecule has 6 heterocycles. The van der Waals surface area contributed by atoms with Gasteiger partial charge >= 0.3 is 0 Å². The molecule has 4 aromatic heterocycles. The molecule has 0 unspecified atom stereocenters. The van der Waals surface area contributed by atoms with Gasteiger partial charge in [-0.2, -0.15) is 0 Å². The van der Waals surface area contributed by atoms with Gasteiger partial charge in [0.2, 0.25) is 0 Å². The van der Waals surface area contributed by atoms with E-state index in [-0.39, 0.29) is 10.8 Å². The molecular weight excluding hydrogens is 585 g/mol. The molecule has 5 aromatic carbocycles. The Labute approximate surface area is 278 Å². The van der Waals surface area contributed by atoms with Gasteiger partial charge in [-0.25, -0.2) is 0 Å². The van der Waals surface area contributed by atoms with E-state index in [1.54, 1.807) is 0 Å². The first kappa shape index (κ1) is 26.3. The van der Waals surface area contributed by atoms with Gasteiger partial charge in [0.25, 0.3) is 0 Å². The smallest absolute Gasteiger partial charge is 0.0763 e. The van der Waals surface area contributed by atoms with Crippen LogP contribution in [0.1, 0.15) is 50.2 Å². The van der Waals surface area contributed by atoms with Crippen LogP contribution in [0, 0.1) is 0 Å². The minimum atomic E-state index is -0.125. The lowest BCUT2D eigenvalue weighted by Gasteiger charge is -2.21. The molecule has 0 bridgehead atoms. The van der Waals surface area contributed by atoms with Crippen molar-refractivity contribution in [2.24, 2.45) is 0 Å². The third kappa shape index (κ3) is 2.98. The fraction of sp³-hybridized carbons (Fsp3) is 0.136. The average Bonchev–Trinajstić information content (AvgIpc) is 3.91. The Morgan fingerprint density at radius 2 is 0.771 bits per heavy atom. The van der Waals surface area contributed by atoms with E-state index in [1.807, 2.05) is 0 Å². The van der Waals surface area contributed by atoms with E-state index >= 15 is 0 Å². The van der Waals surface area contributed by atoms with E-state index in [9.17, 15) is 0 Å². The van der Waals surface area contributed by atoms with Crippen LogP contribution in [0.25, 0.3) is 66.4 Å². The van der Waals surface area contributed by atoms with Gasteiger partial charge in [-0.05, 0) is 59.7 Å². The maximum atomic E-state index is 2.49. The normalized spacial score (nSPS) is 15.4. The van der Waals surface area contributed by atoms with Crippen molar-refractivity contribution >= 4 is 43.6 Å². The largest absolute Gasteiger partial charge is 0.317 e. The monoisotopic (exact) mass is 618 g/mol. The van der Waals surface area contributed by atoms with Crippen LogP contribution in [0.3, 0.4) is 0 Å². The molecule has 9 aromatic rings. The highest BCUT2D eigenvalue weighted by Gasteiger charge is 2.41. The number of benzene rings is 5. The number of fused-ring (bicyclic) bond motifs is 14. The molecule has 4 heteroatoms. The highest BCUT2D eigenvalue weighted by atomic mass is 15.1. The van der Waals surface area contributed by atoms with Crippen LogP contribution in [0.4, 0.5) is 0 Å². The van der Waals surface area contributed by atoms with Gasteiger partial charge in [0, 0.05) is 67.5 Å². The third-order valence-electron chi connectivity index (χ3n) is 11.5. The van der Waals surface area contributed by atoms with Crippen LogP contribution < -0.4 is 0 Å². The highest BCUT2D eigenvalue weighted by Crippen LogP contribution is 2.51. The molecule has 0 atom stereocenters. The predicted molar refractivity (Wildman–Crippen MR) is 198 cm³/mol. The third-order valence-corrected chi connectivity index (χ3v) is 11.5. The molecule has 2 aliphatic heterocycles. The van der Waals surface area contributed by atoms with Crippen molar-refractivity contribution < 1.29 is 0 Å². The highest BCUT2D eigenvalue weighted by molar-refractivity contribution is 6.12. The van der Waals surface area contributed by atoms with Crippen LogP contribution in [-0.4, -0.2) is 18.3 Å². The number of aromatic nitrogens is 4. The first-order chi connectivity index (χ1) is 23.4. The molecule has 4 nitrogen and oxygen atoms in total. The topological polar surface area (TPSA) is 19.7 Å². The molecule has 0 aliphatic carbocycles. The van der Waals surface area contributed by atoms with Gasteiger partial charge in [-0.15, -0.1) is 0 Å². The number of rotatable bonds is 2. The molecule has 48 heavy (non-hydrogen) atoms. The number of nitrogens with zero attached hydrogens (tertiary/aromatic N) is 4. The Balaban J connectivity index is 1.16. The molecule has 0 amide bonds. The molecule has 11 rings (SSSR count). The van der Waals surface area contributed by atoms with Gasteiger partial charge in [0.1, 0.15) is 0 Å². The quantitative estimate of drug-likeness (QED) is 0.184. The molecule has 0 saturated heterocycles. The lowest BCUT2D eigenvalue weighted by molar-refractivity contribution is 0.646. The summed E-state index contributed by atoms with van der Waals surface area (Å²) in [6.45, 7) is 9.48. The van der Waals surface area contributed by atoms with Crippen molar-refractivity contribution in [2.75, 3.05) is 0 Å². The van der Waals surface area contributed by atoms with Gasteiger partial charge in [-0.1, -0.05) is 100 Å². The molecule has 230 valence electrons. The van der Waals surface area contributed by atoms with Crippen LogP contribution in [0.5, 0.6) is 0 Å². The zero-order chi connectivity index (χ0) is 32.1. The van der Waals surface area contributed by atoms with Crippen LogP contribution >= 0.6 is 0 Å². The summed E-state index contributed by atoms with van der Waals surface area (Å²) >= 11 is 0. The predicted octanol–water partition coefficient (Wildman–Crippen LogP) is 10.7. The molecular formula is C44H34N4. The zero-order valence-electron chi connectivity index (χ0n) is 27.5. The molecule has 0 fully saturated rings. The standard InChI is InChI=1S/C44H34N4/c1-43(2)33-15-7-11-19-37(33)45-25-31-29-13-5-9-17-35(29)47(39(31)41(43)45)27-21-23-28(24-22-27)48-36-18-10-6-14-30(36)32-26-46-38-20-12-8-16-34(38)44(3,4)42(46)40(32)48/h5-26H,1-4H3. The Morgan fingerprint density at radius 3 is 1.21 bits per heavy atom. The van der Waals surface area contributed by atoms with E-state index in [0.29, 0.717) is 0 Å². The summed E-state index contributed by atoms with van der Waals surface area (Å²) in [4.78, 5) is 0. The second kappa shape index (κ2) is 8.59. The molecule has 0 N–H and O–H groups in total. The summed E-state index contributed by atoms with van der Waals surface area (Å²) in [7, 11) is 0. The van der Waals surface area contributed by atoms with E-state index < -0.39 is 0 Å². The van der Waals surface area contributed by atoms with E-state index in [2.05, 4.69) is 180 Å². The molecule has 2 aliphatic rings. The first-order valence-corrected chi connectivity index (χ1v) is 17.0.